The number of esters is 1. The van der Waals surface area contributed by atoms with Gasteiger partial charge in [-0.1, -0.05) is 46.3 Å². The zero-order chi connectivity index (χ0) is 62.0. The fraction of sp³-hybridized carbons (Fsp3) is 0.948. The largest absolute Gasteiger partial charge is 0.432 e. The molecule has 4 saturated carbocycles. The van der Waals surface area contributed by atoms with E-state index in [0.717, 1.165) is 12.0 Å². The van der Waals surface area contributed by atoms with Crippen molar-refractivity contribution >= 4 is 5.97 Å². The normalized spacial score (nSPS) is 55.3. The van der Waals surface area contributed by atoms with Crippen LogP contribution in [0.3, 0.4) is 0 Å². The summed E-state index contributed by atoms with van der Waals surface area (Å²) in [6.45, 7) is 11.9. The summed E-state index contributed by atoms with van der Waals surface area (Å²) in [4.78, 5) is 15.2. The van der Waals surface area contributed by atoms with Crippen LogP contribution in [-0.4, -0.2) is 273 Å². The molecule has 27 nitrogen and oxygen atoms in total. The number of carbonyl (C=O) groups is 1. The molecular weight excluding hydrogens is 1130 g/mol. The molecule has 27 heteroatoms. The van der Waals surface area contributed by atoms with Gasteiger partial charge in [-0.05, 0) is 117 Å². The highest BCUT2D eigenvalue weighted by Crippen LogP contribution is 2.75. The third-order valence-electron chi connectivity index (χ3n) is 22.7. The Kier molecular flexibility index (Phi) is 18.9. The van der Waals surface area contributed by atoms with Crippen molar-refractivity contribution in [1.82, 2.24) is 0 Å². The summed E-state index contributed by atoms with van der Waals surface area (Å²) in [6.07, 6.45) is -31.4. The van der Waals surface area contributed by atoms with Crippen LogP contribution < -0.4 is 0 Å². The highest BCUT2D eigenvalue weighted by atomic mass is 16.8. The number of allylic oxidation sites excluding steroid dienone is 2. The molecule has 10 aliphatic rings. The second-order valence-corrected chi connectivity index (χ2v) is 28.1. The highest BCUT2D eigenvalue weighted by molar-refractivity contribution is 5.79. The molecule has 5 heterocycles. The minimum Gasteiger partial charge on any atom is -0.432 e. The molecule has 9 fully saturated rings. The Morgan fingerprint density at radius 2 is 1.14 bits per heavy atom. The number of aliphatic hydroxyl groups is 16. The van der Waals surface area contributed by atoms with Gasteiger partial charge < -0.3 is 129 Å². The quantitative estimate of drug-likeness (QED) is 0.0477. The summed E-state index contributed by atoms with van der Waals surface area (Å²) in [5.41, 5.74) is -2.69. The summed E-state index contributed by atoms with van der Waals surface area (Å²) in [7, 11) is 0. The lowest BCUT2D eigenvalue weighted by Crippen LogP contribution is -2.68. The fourth-order valence-electron chi connectivity index (χ4n) is 17.2. The number of carbonyl (C=O) groups excluding carboxylic acids is 1. The Morgan fingerprint density at radius 1 is 0.565 bits per heavy atom. The van der Waals surface area contributed by atoms with E-state index in [9.17, 15) is 81.7 Å². The first-order chi connectivity index (χ1) is 39.8. The molecule has 10 rings (SSSR count). The predicted molar refractivity (Wildman–Crippen MR) is 285 cm³/mol. The molecule has 33 unspecified atom stereocenters. The van der Waals surface area contributed by atoms with Gasteiger partial charge in [0.2, 0.25) is 6.29 Å². The molecule has 85 heavy (non-hydrogen) atoms. The van der Waals surface area contributed by atoms with Crippen LogP contribution in [-0.2, 0) is 52.2 Å². The SMILES string of the molecule is CC1OC(OC2C(CO)OC(OCC3OC(OC(=O)C45CCC(C)(C)CC4C4=CCC6C7(C)CCC(OC8OCC(OC9OC(CO)C(O)C(O)C9O)C(O)C8O)C(C)(O)C7CCC6(C)C4(C)CC5)C(O)C(O)C3O)C(O)C2O)C(O)C(O)C1O. The standard InChI is InChI=1S/C58H94O27/c1-23-33(61)37(65)42(70)49(78-23)84-46-27(20-60)80-47(45(73)40(46)68)76-21-28-35(63)39(67)44(72)51(82-28)85-52(74)58-16-14-53(2,3)18-25(58)24-8-9-30-54(4)12-11-32(57(7,75)31(54)10-13-56(30,6)55(24,5)15-17-58)83-48-41(69)36(64)29(22-77-48)81-50-43(71)38(66)34(62)26(19-59)79-50/h8,23,25-51,59-73,75H,9-22H2,1-7H3. The Labute approximate surface area is 493 Å². The summed E-state index contributed by atoms with van der Waals surface area (Å²) in [5.74, 6) is -1.14. The Bertz CT molecular complexity index is 2360. The molecule has 33 atom stereocenters. The van der Waals surface area contributed by atoms with Gasteiger partial charge in [0, 0.05) is 0 Å². The first-order valence-corrected chi connectivity index (χ1v) is 30.3. The van der Waals surface area contributed by atoms with Gasteiger partial charge in [0.25, 0.3) is 0 Å². The number of ether oxygens (including phenoxy) is 10. The molecule has 0 aromatic carbocycles. The maximum absolute atomic E-state index is 15.2. The van der Waals surface area contributed by atoms with Crippen molar-refractivity contribution in [3.05, 3.63) is 11.6 Å². The van der Waals surface area contributed by atoms with Crippen molar-refractivity contribution < 1.29 is 134 Å². The van der Waals surface area contributed by atoms with Crippen LogP contribution >= 0.6 is 0 Å². The molecule has 0 radical (unpaired) electrons. The van der Waals surface area contributed by atoms with E-state index in [1.54, 1.807) is 6.92 Å². The zero-order valence-electron chi connectivity index (χ0n) is 49.3. The van der Waals surface area contributed by atoms with E-state index in [4.69, 9.17) is 47.4 Å². The average Bonchev–Trinajstić information content (AvgIpc) is 0.924. The van der Waals surface area contributed by atoms with Crippen LogP contribution in [0.2, 0.25) is 0 Å². The number of hydrogen-bond acceptors (Lipinski definition) is 27. The van der Waals surface area contributed by atoms with Crippen LogP contribution in [0.25, 0.3) is 0 Å². The maximum Gasteiger partial charge on any atom is 0.315 e. The summed E-state index contributed by atoms with van der Waals surface area (Å²) >= 11 is 0. The Hall–Kier alpha value is -1.79. The van der Waals surface area contributed by atoms with Crippen molar-refractivity contribution in [3.63, 3.8) is 0 Å². The number of aliphatic hydroxyl groups excluding tert-OH is 15. The Morgan fingerprint density at radius 3 is 1.81 bits per heavy atom. The lowest BCUT2D eigenvalue weighted by atomic mass is 9.34. The van der Waals surface area contributed by atoms with Crippen LogP contribution in [0.1, 0.15) is 113 Å². The number of rotatable bonds is 13. The van der Waals surface area contributed by atoms with Crippen molar-refractivity contribution in [1.29, 1.82) is 0 Å². The molecule has 5 aliphatic heterocycles. The molecule has 5 saturated heterocycles. The minimum absolute atomic E-state index is 0.0695. The monoisotopic (exact) mass is 1220 g/mol. The fourth-order valence-corrected chi connectivity index (χ4v) is 17.2. The van der Waals surface area contributed by atoms with Crippen LogP contribution in [0.4, 0.5) is 0 Å². The van der Waals surface area contributed by atoms with Gasteiger partial charge >= 0.3 is 5.97 Å². The topological polar surface area (TPSA) is 433 Å². The lowest BCUT2D eigenvalue weighted by molar-refractivity contribution is -0.361. The lowest BCUT2D eigenvalue weighted by Gasteiger charge is -2.71. The molecule has 0 amide bonds. The van der Waals surface area contributed by atoms with E-state index in [1.807, 2.05) is 0 Å². The maximum atomic E-state index is 15.2. The van der Waals surface area contributed by atoms with Crippen molar-refractivity contribution in [3.8, 4) is 0 Å². The first kappa shape index (κ1) is 66.1. The van der Waals surface area contributed by atoms with Crippen molar-refractivity contribution in [2.75, 3.05) is 26.4 Å². The van der Waals surface area contributed by atoms with Gasteiger partial charge in [-0.2, -0.15) is 0 Å². The molecule has 0 aromatic heterocycles. The smallest absolute Gasteiger partial charge is 0.315 e. The molecule has 0 bridgehead atoms. The van der Waals surface area contributed by atoms with E-state index in [1.165, 1.54) is 6.92 Å². The van der Waals surface area contributed by atoms with E-state index >= 15 is 4.79 Å². The third kappa shape index (κ3) is 11.2. The number of fused-ring (bicyclic) bond motifs is 7. The first-order valence-electron chi connectivity index (χ1n) is 30.3. The van der Waals surface area contributed by atoms with Crippen LogP contribution in [0.5, 0.6) is 0 Å². The molecule has 0 spiro atoms. The number of hydrogen-bond donors (Lipinski definition) is 16. The third-order valence-corrected chi connectivity index (χ3v) is 22.7. The highest BCUT2D eigenvalue weighted by Gasteiger charge is 2.71. The molecular formula is C58H94O27. The average molecular weight is 1220 g/mol. The van der Waals surface area contributed by atoms with Gasteiger partial charge in [-0.25, -0.2) is 0 Å². The van der Waals surface area contributed by atoms with Gasteiger partial charge in [-0.15, -0.1) is 0 Å². The van der Waals surface area contributed by atoms with Gasteiger partial charge in [0.1, 0.15) is 110 Å². The minimum atomic E-state index is -1.90. The second kappa shape index (κ2) is 24.4. The molecule has 0 aromatic rings. The Balaban J connectivity index is 0.801. The van der Waals surface area contributed by atoms with Gasteiger partial charge in [0.15, 0.2) is 25.2 Å². The summed E-state index contributed by atoms with van der Waals surface area (Å²) < 4.78 is 58.3. The molecule has 16 N–H and O–H groups in total. The van der Waals surface area contributed by atoms with E-state index in [-0.39, 0.29) is 35.2 Å². The van der Waals surface area contributed by atoms with Gasteiger partial charge in [-0.3, -0.25) is 4.79 Å². The second-order valence-electron chi connectivity index (χ2n) is 28.1. The van der Waals surface area contributed by atoms with E-state index < -0.39 is 201 Å². The van der Waals surface area contributed by atoms with Crippen molar-refractivity contribution in [2.45, 2.75) is 272 Å². The predicted octanol–water partition coefficient (Wildman–Crippen LogP) is -3.82. The summed E-state index contributed by atoms with van der Waals surface area (Å²) in [5, 5.41) is 173. The summed E-state index contributed by atoms with van der Waals surface area (Å²) in [6, 6.07) is 0. The van der Waals surface area contributed by atoms with Crippen molar-refractivity contribution in [2.24, 2.45) is 44.8 Å². The van der Waals surface area contributed by atoms with E-state index in [2.05, 4.69) is 40.7 Å². The van der Waals surface area contributed by atoms with Gasteiger partial charge in [0.05, 0.1) is 49.7 Å². The molecule has 488 valence electrons. The van der Waals surface area contributed by atoms with E-state index in [0.29, 0.717) is 57.8 Å². The zero-order valence-corrected chi connectivity index (χ0v) is 49.3. The van der Waals surface area contributed by atoms with Crippen LogP contribution in [0, 0.1) is 44.8 Å². The molecule has 5 aliphatic carbocycles. The van der Waals surface area contributed by atoms with Crippen LogP contribution in [0.15, 0.2) is 11.6 Å².